The summed E-state index contributed by atoms with van der Waals surface area (Å²) in [4.78, 5) is 13.9. The van der Waals surface area contributed by atoms with E-state index in [0.29, 0.717) is 24.6 Å². The van der Waals surface area contributed by atoms with Crippen LogP contribution in [0.5, 0.6) is 0 Å². The number of carbonyl (C=O) groups is 1. The molecule has 20 heavy (non-hydrogen) atoms. The summed E-state index contributed by atoms with van der Waals surface area (Å²) in [5, 5.41) is 3.36. The molecule has 2 rings (SSSR count). The molecule has 1 amide bonds. The number of para-hydroxylation sites is 1. The number of rotatable bonds is 5. The van der Waals surface area contributed by atoms with Crippen molar-refractivity contribution in [3.8, 4) is 0 Å². The van der Waals surface area contributed by atoms with Crippen molar-refractivity contribution >= 4 is 11.6 Å². The molecule has 1 saturated heterocycles. The Morgan fingerprint density at radius 1 is 1.45 bits per heavy atom. The Morgan fingerprint density at radius 2 is 2.25 bits per heavy atom. The first-order chi connectivity index (χ1) is 9.72. The second-order valence-electron chi connectivity index (χ2n) is 5.34. The highest BCUT2D eigenvalue weighted by Crippen LogP contribution is 2.21. The van der Waals surface area contributed by atoms with Crippen molar-refractivity contribution in [2.45, 2.75) is 32.6 Å². The van der Waals surface area contributed by atoms with Gasteiger partial charge in [-0.2, -0.15) is 0 Å². The molecule has 1 aliphatic heterocycles. The minimum Gasteiger partial charge on any atom is -0.316 e. The number of benzene rings is 1. The normalized spacial score (nSPS) is 18.8. The number of piperidine rings is 1. The van der Waals surface area contributed by atoms with Gasteiger partial charge in [-0.05, 0) is 57.3 Å². The molecule has 110 valence electrons. The van der Waals surface area contributed by atoms with Crippen LogP contribution in [0.1, 0.15) is 32.6 Å². The monoisotopic (exact) mass is 278 g/mol. The van der Waals surface area contributed by atoms with Gasteiger partial charge >= 0.3 is 0 Å². The Morgan fingerprint density at radius 3 is 2.90 bits per heavy atom. The molecule has 1 fully saturated rings. The van der Waals surface area contributed by atoms with Crippen molar-refractivity contribution in [1.82, 2.24) is 5.32 Å². The molecule has 0 spiro atoms. The third kappa shape index (κ3) is 3.79. The van der Waals surface area contributed by atoms with Gasteiger partial charge in [-0.1, -0.05) is 12.1 Å². The summed E-state index contributed by atoms with van der Waals surface area (Å²) in [5.74, 6) is 0.261. The summed E-state index contributed by atoms with van der Waals surface area (Å²) in [6.07, 6.45) is 3.75. The van der Waals surface area contributed by atoms with Gasteiger partial charge < -0.3 is 10.2 Å². The molecule has 1 unspecified atom stereocenters. The first-order valence-electron chi connectivity index (χ1n) is 7.48. The molecule has 0 bridgehead atoms. The van der Waals surface area contributed by atoms with Gasteiger partial charge in [-0.3, -0.25) is 4.79 Å². The summed E-state index contributed by atoms with van der Waals surface area (Å²) < 4.78 is 13.8. The molecule has 1 aromatic rings. The van der Waals surface area contributed by atoms with E-state index >= 15 is 0 Å². The maximum atomic E-state index is 13.8. The van der Waals surface area contributed by atoms with Crippen molar-refractivity contribution in [1.29, 1.82) is 0 Å². The zero-order chi connectivity index (χ0) is 14.4. The van der Waals surface area contributed by atoms with Gasteiger partial charge in [-0.15, -0.1) is 0 Å². The van der Waals surface area contributed by atoms with Gasteiger partial charge in [-0.25, -0.2) is 4.39 Å². The summed E-state index contributed by atoms with van der Waals surface area (Å²) in [7, 11) is 0. The molecule has 1 aliphatic rings. The maximum Gasteiger partial charge on any atom is 0.227 e. The largest absolute Gasteiger partial charge is 0.316 e. The number of nitrogens with zero attached hydrogens (tertiary/aromatic N) is 1. The highest BCUT2D eigenvalue weighted by atomic mass is 19.1. The van der Waals surface area contributed by atoms with Gasteiger partial charge in [0.05, 0.1) is 5.69 Å². The van der Waals surface area contributed by atoms with Gasteiger partial charge in [0.15, 0.2) is 0 Å². The van der Waals surface area contributed by atoms with Gasteiger partial charge in [0.25, 0.3) is 0 Å². The van der Waals surface area contributed by atoms with Crippen LogP contribution in [0.25, 0.3) is 0 Å². The smallest absolute Gasteiger partial charge is 0.227 e. The standard InChI is InChI=1S/C16H23FN2O/c1-2-19(15-8-4-3-7-14(15)17)16(20)10-9-13-6-5-11-18-12-13/h3-4,7-8,13,18H,2,5-6,9-12H2,1H3. The van der Waals surface area contributed by atoms with Gasteiger partial charge in [0, 0.05) is 13.0 Å². The van der Waals surface area contributed by atoms with Gasteiger partial charge in [0.2, 0.25) is 5.91 Å². The number of carbonyl (C=O) groups excluding carboxylic acids is 1. The van der Waals surface area contributed by atoms with E-state index in [2.05, 4.69) is 5.32 Å². The Balaban J connectivity index is 1.93. The van der Waals surface area contributed by atoms with E-state index in [1.807, 2.05) is 6.92 Å². The lowest BCUT2D eigenvalue weighted by Crippen LogP contribution is -2.34. The summed E-state index contributed by atoms with van der Waals surface area (Å²) in [5.41, 5.74) is 0.391. The fourth-order valence-corrected chi connectivity index (χ4v) is 2.78. The van der Waals surface area contributed by atoms with E-state index in [9.17, 15) is 9.18 Å². The average molecular weight is 278 g/mol. The van der Waals surface area contributed by atoms with E-state index in [1.165, 1.54) is 18.9 Å². The fraction of sp³-hybridized carbons (Fsp3) is 0.562. The maximum absolute atomic E-state index is 13.8. The molecule has 0 aromatic heterocycles. The Bertz CT molecular complexity index is 444. The second-order valence-corrected chi connectivity index (χ2v) is 5.34. The summed E-state index contributed by atoms with van der Waals surface area (Å²) in [6.45, 7) is 4.47. The third-order valence-corrected chi connectivity index (χ3v) is 3.93. The third-order valence-electron chi connectivity index (χ3n) is 3.93. The lowest BCUT2D eigenvalue weighted by Gasteiger charge is -2.25. The average Bonchev–Trinajstić information content (AvgIpc) is 2.49. The van der Waals surface area contributed by atoms with Crippen molar-refractivity contribution in [2.75, 3.05) is 24.5 Å². The lowest BCUT2D eigenvalue weighted by molar-refractivity contribution is -0.118. The van der Waals surface area contributed by atoms with Crippen LogP contribution in [0, 0.1) is 11.7 Å². The molecule has 4 heteroatoms. The molecule has 3 nitrogen and oxygen atoms in total. The number of amides is 1. The fourth-order valence-electron chi connectivity index (χ4n) is 2.78. The van der Waals surface area contributed by atoms with Crippen LogP contribution in [0.2, 0.25) is 0 Å². The van der Waals surface area contributed by atoms with Crippen LogP contribution in [0.4, 0.5) is 10.1 Å². The van der Waals surface area contributed by atoms with E-state index in [0.717, 1.165) is 19.5 Å². The van der Waals surface area contributed by atoms with Crippen molar-refractivity contribution in [3.05, 3.63) is 30.1 Å². The Kier molecular flexibility index (Phi) is 5.53. The van der Waals surface area contributed by atoms with Crippen molar-refractivity contribution in [2.24, 2.45) is 5.92 Å². The molecule has 0 radical (unpaired) electrons. The van der Waals surface area contributed by atoms with Crippen LogP contribution >= 0.6 is 0 Å². The Hall–Kier alpha value is -1.42. The van der Waals surface area contributed by atoms with E-state index < -0.39 is 0 Å². The SMILES string of the molecule is CCN(C(=O)CCC1CCCNC1)c1ccccc1F. The number of halogens is 1. The van der Waals surface area contributed by atoms with E-state index in [-0.39, 0.29) is 11.7 Å². The van der Waals surface area contributed by atoms with Crippen molar-refractivity contribution < 1.29 is 9.18 Å². The Labute approximate surface area is 120 Å². The topological polar surface area (TPSA) is 32.3 Å². The highest BCUT2D eigenvalue weighted by Gasteiger charge is 2.19. The first kappa shape index (κ1) is 15.0. The minimum atomic E-state index is -0.331. The number of nitrogens with one attached hydrogen (secondary N) is 1. The summed E-state index contributed by atoms with van der Waals surface area (Å²) in [6, 6.07) is 6.47. The number of hydrogen-bond donors (Lipinski definition) is 1. The molecular weight excluding hydrogens is 255 g/mol. The predicted octanol–water partition coefficient (Wildman–Crippen LogP) is 2.96. The lowest BCUT2D eigenvalue weighted by atomic mass is 9.94. The first-order valence-corrected chi connectivity index (χ1v) is 7.48. The second kappa shape index (κ2) is 7.39. The molecule has 1 aromatic carbocycles. The number of hydrogen-bond acceptors (Lipinski definition) is 2. The quantitative estimate of drug-likeness (QED) is 0.898. The van der Waals surface area contributed by atoms with Gasteiger partial charge in [0.1, 0.15) is 5.82 Å². The molecule has 1 atom stereocenters. The van der Waals surface area contributed by atoms with Crippen LogP contribution in [0.3, 0.4) is 0 Å². The molecule has 1 N–H and O–H groups in total. The van der Waals surface area contributed by atoms with Crippen LogP contribution in [-0.2, 0) is 4.79 Å². The van der Waals surface area contributed by atoms with Crippen LogP contribution in [-0.4, -0.2) is 25.5 Å². The molecular formula is C16H23FN2O. The van der Waals surface area contributed by atoms with E-state index in [4.69, 9.17) is 0 Å². The zero-order valence-corrected chi connectivity index (χ0v) is 12.1. The van der Waals surface area contributed by atoms with E-state index in [1.54, 1.807) is 23.1 Å². The molecule has 0 saturated carbocycles. The zero-order valence-electron chi connectivity index (χ0n) is 12.1. The molecule has 1 heterocycles. The van der Waals surface area contributed by atoms with Crippen molar-refractivity contribution in [3.63, 3.8) is 0 Å². The number of anilines is 1. The summed E-state index contributed by atoms with van der Waals surface area (Å²) >= 11 is 0. The minimum absolute atomic E-state index is 0.0168. The molecule has 0 aliphatic carbocycles. The van der Waals surface area contributed by atoms with Crippen LogP contribution < -0.4 is 10.2 Å². The van der Waals surface area contributed by atoms with Crippen LogP contribution in [0.15, 0.2) is 24.3 Å². The highest BCUT2D eigenvalue weighted by molar-refractivity contribution is 5.93. The predicted molar refractivity (Wildman–Crippen MR) is 79.3 cm³/mol.